The van der Waals surface area contributed by atoms with Gasteiger partial charge in [0, 0.05) is 32.1 Å². The maximum Gasteiger partial charge on any atom is 0.222 e. The van der Waals surface area contributed by atoms with E-state index < -0.39 is 0 Å². The van der Waals surface area contributed by atoms with Crippen LogP contribution in [0.1, 0.15) is 47.5 Å². The van der Waals surface area contributed by atoms with Crippen LogP contribution >= 0.6 is 24.0 Å². The van der Waals surface area contributed by atoms with Crippen LogP contribution in [0.3, 0.4) is 0 Å². The number of halogens is 1. The average Bonchev–Trinajstić information content (AvgIpc) is 2.38. The Morgan fingerprint density at radius 2 is 1.67 bits per heavy atom. The van der Waals surface area contributed by atoms with Crippen molar-refractivity contribution >= 4 is 35.8 Å². The fraction of sp³-hybridized carbons (Fsp3) is 0.867. The minimum atomic E-state index is 0. The number of nitrogens with zero attached hydrogens (tertiary/aromatic N) is 1. The van der Waals surface area contributed by atoms with Crippen LogP contribution < -0.4 is 16.0 Å². The monoisotopic (exact) mass is 412 g/mol. The molecule has 0 aliphatic rings. The van der Waals surface area contributed by atoms with Crippen molar-refractivity contribution in [1.82, 2.24) is 16.0 Å². The number of carbonyl (C=O) groups excluding carboxylic acids is 1. The van der Waals surface area contributed by atoms with Gasteiger partial charge in [-0.25, -0.2) is 0 Å². The molecule has 0 radical (unpaired) electrons. The average molecular weight is 412 g/mol. The highest BCUT2D eigenvalue weighted by atomic mass is 127. The molecule has 0 bridgehead atoms. The summed E-state index contributed by atoms with van der Waals surface area (Å²) in [6.07, 6.45) is 2.31. The Labute approximate surface area is 147 Å². The molecule has 126 valence electrons. The van der Waals surface area contributed by atoms with Crippen LogP contribution in [0, 0.1) is 11.8 Å². The molecule has 3 N–H and O–H groups in total. The van der Waals surface area contributed by atoms with Crippen molar-refractivity contribution in [2.75, 3.05) is 26.2 Å². The highest BCUT2D eigenvalue weighted by Gasteiger charge is 2.05. The fourth-order valence-corrected chi connectivity index (χ4v) is 1.60. The Morgan fingerprint density at radius 3 is 2.19 bits per heavy atom. The number of nitrogens with one attached hydrogen (secondary N) is 3. The van der Waals surface area contributed by atoms with E-state index in [1.165, 1.54) is 6.42 Å². The lowest BCUT2D eigenvalue weighted by Gasteiger charge is -2.12. The van der Waals surface area contributed by atoms with Crippen molar-refractivity contribution in [3.63, 3.8) is 0 Å². The topological polar surface area (TPSA) is 65.5 Å². The first kappa shape index (κ1) is 22.7. The van der Waals surface area contributed by atoms with Gasteiger partial charge in [-0.15, -0.1) is 24.0 Å². The van der Waals surface area contributed by atoms with Gasteiger partial charge in [-0.05, 0) is 25.7 Å². The van der Waals surface area contributed by atoms with Crippen LogP contribution in [-0.2, 0) is 4.79 Å². The van der Waals surface area contributed by atoms with Crippen molar-refractivity contribution in [3.8, 4) is 0 Å². The van der Waals surface area contributed by atoms with Gasteiger partial charge >= 0.3 is 0 Å². The SMILES string of the molecule is CCNC(=NCCCC(C)C)NCCNC(=O)C(C)C.I. The summed E-state index contributed by atoms with van der Waals surface area (Å²) in [6.45, 7) is 13.3. The standard InChI is InChI=1S/C15H32N4O.HI/c1-6-16-15(18-9-7-8-12(2)3)19-11-10-17-14(20)13(4)5;/h12-13H,6-11H2,1-5H3,(H,17,20)(H2,16,18,19);1H. The van der Waals surface area contributed by atoms with Crippen molar-refractivity contribution in [2.24, 2.45) is 16.8 Å². The van der Waals surface area contributed by atoms with Gasteiger partial charge in [0.05, 0.1) is 0 Å². The van der Waals surface area contributed by atoms with E-state index in [2.05, 4.69) is 34.8 Å². The zero-order valence-electron chi connectivity index (χ0n) is 14.2. The molecule has 1 amide bonds. The summed E-state index contributed by atoms with van der Waals surface area (Å²) < 4.78 is 0. The molecule has 0 saturated heterocycles. The predicted octanol–water partition coefficient (Wildman–Crippen LogP) is 2.37. The molecule has 0 spiro atoms. The normalized spacial score (nSPS) is 11.3. The van der Waals surface area contributed by atoms with E-state index in [-0.39, 0.29) is 35.8 Å². The van der Waals surface area contributed by atoms with Crippen LogP contribution in [0.15, 0.2) is 4.99 Å². The zero-order chi connectivity index (χ0) is 15.4. The first-order valence-electron chi connectivity index (χ1n) is 7.77. The summed E-state index contributed by atoms with van der Waals surface area (Å²) >= 11 is 0. The Hall–Kier alpha value is -0.530. The number of aliphatic imine (C=N–C) groups is 1. The number of guanidine groups is 1. The summed E-state index contributed by atoms with van der Waals surface area (Å²) in [5.41, 5.74) is 0. The van der Waals surface area contributed by atoms with E-state index in [9.17, 15) is 4.79 Å². The molecule has 0 aromatic rings. The highest BCUT2D eigenvalue weighted by molar-refractivity contribution is 14.0. The molecule has 21 heavy (non-hydrogen) atoms. The Kier molecular flexibility index (Phi) is 15.6. The summed E-state index contributed by atoms with van der Waals surface area (Å²) in [7, 11) is 0. The van der Waals surface area contributed by atoms with Crippen LogP contribution in [0.5, 0.6) is 0 Å². The summed E-state index contributed by atoms with van der Waals surface area (Å²) in [6, 6.07) is 0. The molecule has 0 saturated carbocycles. The minimum Gasteiger partial charge on any atom is -0.357 e. The van der Waals surface area contributed by atoms with Crippen LogP contribution in [0.25, 0.3) is 0 Å². The van der Waals surface area contributed by atoms with Gasteiger partial charge in [-0.3, -0.25) is 9.79 Å². The van der Waals surface area contributed by atoms with Gasteiger partial charge < -0.3 is 16.0 Å². The lowest BCUT2D eigenvalue weighted by atomic mass is 10.1. The maximum atomic E-state index is 11.4. The molecule has 0 aromatic heterocycles. The minimum absolute atomic E-state index is 0. The molecule has 0 aliphatic carbocycles. The third-order valence-electron chi connectivity index (χ3n) is 2.79. The Morgan fingerprint density at radius 1 is 1.05 bits per heavy atom. The van der Waals surface area contributed by atoms with E-state index in [1.807, 2.05) is 20.8 Å². The van der Waals surface area contributed by atoms with E-state index in [1.54, 1.807) is 0 Å². The molecule has 6 heteroatoms. The molecule has 5 nitrogen and oxygen atoms in total. The summed E-state index contributed by atoms with van der Waals surface area (Å²) in [5, 5.41) is 9.31. The van der Waals surface area contributed by atoms with E-state index >= 15 is 0 Å². The number of hydrogen-bond donors (Lipinski definition) is 3. The van der Waals surface area contributed by atoms with Gasteiger partial charge in [0.25, 0.3) is 0 Å². The second kappa shape index (κ2) is 14.4. The first-order chi connectivity index (χ1) is 9.47. The third-order valence-corrected chi connectivity index (χ3v) is 2.79. The molecule has 0 atom stereocenters. The van der Waals surface area contributed by atoms with Crippen molar-refractivity contribution in [3.05, 3.63) is 0 Å². The van der Waals surface area contributed by atoms with E-state index in [4.69, 9.17) is 0 Å². The number of hydrogen-bond acceptors (Lipinski definition) is 2. The summed E-state index contributed by atoms with van der Waals surface area (Å²) in [4.78, 5) is 15.9. The van der Waals surface area contributed by atoms with Gasteiger partial charge in [-0.1, -0.05) is 27.7 Å². The zero-order valence-corrected chi connectivity index (χ0v) is 16.5. The maximum absolute atomic E-state index is 11.4. The largest absolute Gasteiger partial charge is 0.357 e. The quantitative estimate of drug-likeness (QED) is 0.236. The number of carbonyl (C=O) groups is 1. The molecule has 0 aromatic carbocycles. The summed E-state index contributed by atoms with van der Waals surface area (Å²) in [5.74, 6) is 1.68. The number of rotatable bonds is 9. The Bertz CT molecular complexity index is 293. The third kappa shape index (κ3) is 14.2. The van der Waals surface area contributed by atoms with Gasteiger partial charge in [0.2, 0.25) is 5.91 Å². The van der Waals surface area contributed by atoms with Gasteiger partial charge in [0.1, 0.15) is 0 Å². The number of amides is 1. The second-order valence-corrected chi connectivity index (χ2v) is 5.67. The van der Waals surface area contributed by atoms with Gasteiger partial charge in [-0.2, -0.15) is 0 Å². The lowest BCUT2D eigenvalue weighted by molar-refractivity contribution is -0.123. The molecule has 0 aliphatic heterocycles. The molecule has 0 heterocycles. The smallest absolute Gasteiger partial charge is 0.222 e. The van der Waals surface area contributed by atoms with Crippen LogP contribution in [0.2, 0.25) is 0 Å². The molecule has 0 fully saturated rings. The van der Waals surface area contributed by atoms with Crippen LogP contribution in [0.4, 0.5) is 0 Å². The Balaban J connectivity index is 0. The second-order valence-electron chi connectivity index (χ2n) is 5.67. The molecular formula is C15H33IN4O. The van der Waals surface area contributed by atoms with E-state index in [0.29, 0.717) is 13.1 Å². The van der Waals surface area contributed by atoms with Crippen molar-refractivity contribution in [2.45, 2.75) is 47.5 Å². The fourth-order valence-electron chi connectivity index (χ4n) is 1.60. The van der Waals surface area contributed by atoms with E-state index in [0.717, 1.165) is 31.4 Å². The molecule has 0 unspecified atom stereocenters. The van der Waals surface area contributed by atoms with Crippen molar-refractivity contribution < 1.29 is 4.79 Å². The van der Waals surface area contributed by atoms with Crippen LogP contribution in [-0.4, -0.2) is 38.0 Å². The predicted molar refractivity (Wildman–Crippen MR) is 101 cm³/mol. The lowest BCUT2D eigenvalue weighted by Crippen LogP contribution is -2.42. The highest BCUT2D eigenvalue weighted by Crippen LogP contribution is 2.02. The van der Waals surface area contributed by atoms with Gasteiger partial charge in [0.15, 0.2) is 5.96 Å². The molecule has 0 rings (SSSR count). The first-order valence-corrected chi connectivity index (χ1v) is 7.77. The van der Waals surface area contributed by atoms with Crippen molar-refractivity contribution in [1.29, 1.82) is 0 Å². The molecular weight excluding hydrogens is 379 g/mol.